The first kappa shape index (κ1) is 26.5. The Labute approximate surface area is 203 Å². The van der Waals surface area contributed by atoms with Gasteiger partial charge in [-0.2, -0.15) is 0 Å². The molecule has 0 bridgehead atoms. The number of rotatable bonds is 9. The van der Waals surface area contributed by atoms with Crippen LogP contribution in [0, 0.1) is 13.8 Å². The third-order valence-electron chi connectivity index (χ3n) is 7.12. The molecule has 2 aromatic carbocycles. The van der Waals surface area contributed by atoms with Crippen molar-refractivity contribution in [1.29, 1.82) is 0 Å². The fourth-order valence-corrected chi connectivity index (χ4v) is 6.82. The molecule has 0 aromatic heterocycles. The average molecular weight is 488 g/mol. The molecule has 2 N–H and O–H groups in total. The Balaban J connectivity index is 1.78. The molecular weight excluding hydrogens is 449 g/mol. The molecule has 0 saturated heterocycles. The predicted octanol–water partition coefficient (Wildman–Crippen LogP) is 5.36. The Bertz CT molecular complexity index is 1100. The summed E-state index contributed by atoms with van der Waals surface area (Å²) >= 11 is 0. The lowest BCUT2D eigenvalue weighted by atomic mass is 9.84. The summed E-state index contributed by atoms with van der Waals surface area (Å²) in [5.41, 5.74) is 8.42. The van der Waals surface area contributed by atoms with Gasteiger partial charge in [0.2, 0.25) is 0 Å². The molecule has 0 aliphatic heterocycles. The first-order valence-electron chi connectivity index (χ1n) is 11.8. The Morgan fingerprint density at radius 2 is 1.85 bits per heavy atom. The standard InChI is InChI=1S/C27H38NO5P/c1-17-14-20(11-13-34(31,33-7)28-19(3)26(30)32-6)15-18(2)23(17)16-21-8-9-24(29)25-22(21)10-12-27(25,4)5/h8-9,14-15,19,29H,10-13,16H2,1-7H3,(H,28,31). The third-order valence-corrected chi connectivity index (χ3v) is 9.31. The minimum Gasteiger partial charge on any atom is -0.508 e. The first-order chi connectivity index (χ1) is 15.9. The van der Waals surface area contributed by atoms with Crippen molar-refractivity contribution in [2.75, 3.05) is 20.4 Å². The molecule has 186 valence electrons. The van der Waals surface area contributed by atoms with Gasteiger partial charge in [0, 0.05) is 18.8 Å². The molecule has 0 radical (unpaired) electrons. The molecule has 0 heterocycles. The molecular formula is C27H38NO5P. The van der Waals surface area contributed by atoms with E-state index >= 15 is 0 Å². The van der Waals surface area contributed by atoms with E-state index in [-0.39, 0.29) is 11.6 Å². The molecule has 2 atom stereocenters. The molecule has 2 unspecified atom stereocenters. The summed E-state index contributed by atoms with van der Waals surface area (Å²) in [4.78, 5) is 11.7. The van der Waals surface area contributed by atoms with Gasteiger partial charge in [-0.1, -0.05) is 32.0 Å². The highest BCUT2D eigenvalue weighted by Crippen LogP contribution is 2.45. The maximum Gasteiger partial charge on any atom is 0.323 e. The van der Waals surface area contributed by atoms with Gasteiger partial charge in [-0.3, -0.25) is 9.36 Å². The van der Waals surface area contributed by atoms with Gasteiger partial charge in [0.25, 0.3) is 7.52 Å². The molecule has 6 nitrogen and oxygen atoms in total. The van der Waals surface area contributed by atoms with Crippen LogP contribution >= 0.6 is 7.52 Å². The fourth-order valence-electron chi connectivity index (χ4n) is 5.15. The van der Waals surface area contributed by atoms with Crippen molar-refractivity contribution in [2.45, 2.75) is 71.8 Å². The number of hydrogen-bond acceptors (Lipinski definition) is 5. The minimum absolute atomic E-state index is 0.00192. The zero-order valence-corrected chi connectivity index (χ0v) is 22.3. The summed E-state index contributed by atoms with van der Waals surface area (Å²) in [6.45, 7) is 10.2. The second-order valence-corrected chi connectivity index (χ2v) is 12.5. The Morgan fingerprint density at radius 1 is 1.21 bits per heavy atom. The van der Waals surface area contributed by atoms with Crippen molar-refractivity contribution in [1.82, 2.24) is 5.09 Å². The van der Waals surface area contributed by atoms with Gasteiger partial charge in [-0.15, -0.1) is 0 Å². The number of phenols is 1. The number of methoxy groups -OCH3 is 1. The summed E-state index contributed by atoms with van der Waals surface area (Å²) in [5, 5.41) is 13.3. The molecule has 34 heavy (non-hydrogen) atoms. The molecule has 1 aliphatic carbocycles. The van der Waals surface area contributed by atoms with Gasteiger partial charge >= 0.3 is 5.97 Å². The lowest BCUT2D eigenvalue weighted by Crippen LogP contribution is -2.33. The second kappa shape index (κ2) is 10.2. The molecule has 0 saturated carbocycles. The average Bonchev–Trinajstić information content (AvgIpc) is 3.11. The summed E-state index contributed by atoms with van der Waals surface area (Å²) in [5.74, 6) is -0.0693. The number of esters is 1. The van der Waals surface area contributed by atoms with E-state index in [1.807, 2.05) is 6.07 Å². The maximum atomic E-state index is 13.1. The predicted molar refractivity (Wildman–Crippen MR) is 136 cm³/mol. The van der Waals surface area contributed by atoms with Gasteiger partial charge in [0.1, 0.15) is 11.8 Å². The summed E-state index contributed by atoms with van der Waals surface area (Å²) in [6.07, 6.45) is 3.71. The summed E-state index contributed by atoms with van der Waals surface area (Å²) in [6, 6.07) is 7.49. The fraction of sp³-hybridized carbons (Fsp3) is 0.519. The SMILES string of the molecule is COC(=O)C(C)NP(=O)(CCc1cc(C)c(Cc2ccc(O)c3c2CCC3(C)C)c(C)c1)OC. The van der Waals surface area contributed by atoms with E-state index in [0.717, 1.165) is 30.4 Å². The number of benzene rings is 2. The lowest BCUT2D eigenvalue weighted by Gasteiger charge is -2.22. The minimum atomic E-state index is -3.19. The van der Waals surface area contributed by atoms with E-state index in [2.05, 4.69) is 51.0 Å². The van der Waals surface area contributed by atoms with E-state index in [1.165, 1.54) is 42.0 Å². The summed E-state index contributed by atoms with van der Waals surface area (Å²) in [7, 11) is -0.485. The van der Waals surface area contributed by atoms with E-state index in [9.17, 15) is 14.5 Å². The number of carbonyl (C=O) groups excluding carboxylic acids is 1. The maximum absolute atomic E-state index is 13.1. The van der Waals surface area contributed by atoms with Gasteiger partial charge < -0.3 is 14.4 Å². The third kappa shape index (κ3) is 5.56. The van der Waals surface area contributed by atoms with E-state index in [4.69, 9.17) is 9.26 Å². The second-order valence-electron chi connectivity index (χ2n) is 10.1. The van der Waals surface area contributed by atoms with Crippen LogP contribution in [0.15, 0.2) is 24.3 Å². The van der Waals surface area contributed by atoms with E-state index in [1.54, 1.807) is 6.92 Å². The van der Waals surface area contributed by atoms with Crippen molar-refractivity contribution in [3.05, 3.63) is 63.2 Å². The van der Waals surface area contributed by atoms with Crippen LogP contribution < -0.4 is 5.09 Å². The van der Waals surface area contributed by atoms with Gasteiger partial charge in [-0.25, -0.2) is 5.09 Å². The van der Waals surface area contributed by atoms with Gasteiger partial charge in [-0.05, 0) is 91.3 Å². The number of phenolic OH excluding ortho intramolecular Hbond substituents is 1. The largest absolute Gasteiger partial charge is 0.508 e. The first-order valence-corrected chi connectivity index (χ1v) is 13.7. The van der Waals surface area contributed by atoms with Crippen molar-refractivity contribution in [3.63, 3.8) is 0 Å². The molecule has 7 heteroatoms. The van der Waals surface area contributed by atoms with Crippen molar-refractivity contribution in [3.8, 4) is 5.75 Å². The quantitative estimate of drug-likeness (QED) is 0.366. The molecule has 0 amide bonds. The zero-order chi connectivity index (χ0) is 25.3. The smallest absolute Gasteiger partial charge is 0.323 e. The number of ether oxygens (including phenoxy) is 1. The molecule has 0 fully saturated rings. The molecule has 3 rings (SSSR count). The number of carbonyl (C=O) groups is 1. The normalized spacial score (nSPS) is 17.1. The lowest BCUT2D eigenvalue weighted by molar-refractivity contribution is -0.142. The molecule has 1 aliphatic rings. The van der Waals surface area contributed by atoms with Crippen molar-refractivity contribution >= 4 is 13.5 Å². The zero-order valence-electron chi connectivity index (χ0n) is 21.4. The van der Waals surface area contributed by atoms with Crippen LogP contribution in [0.4, 0.5) is 0 Å². The topological polar surface area (TPSA) is 84.9 Å². The van der Waals surface area contributed by atoms with E-state index < -0.39 is 19.5 Å². The van der Waals surface area contributed by atoms with E-state index in [0.29, 0.717) is 12.2 Å². The van der Waals surface area contributed by atoms with Crippen LogP contribution in [0.25, 0.3) is 0 Å². The Hall–Kier alpha value is -2.14. The molecule has 0 spiro atoms. The Kier molecular flexibility index (Phi) is 7.96. The number of aryl methyl sites for hydroxylation is 3. The van der Waals surface area contributed by atoms with Gasteiger partial charge in [0.05, 0.1) is 7.11 Å². The summed E-state index contributed by atoms with van der Waals surface area (Å²) < 4.78 is 23.1. The van der Waals surface area contributed by atoms with Crippen LogP contribution in [0.5, 0.6) is 5.75 Å². The number of fused-ring (bicyclic) bond motifs is 1. The highest BCUT2D eigenvalue weighted by Gasteiger charge is 2.34. The van der Waals surface area contributed by atoms with Crippen molar-refractivity contribution < 1.29 is 23.7 Å². The number of nitrogens with one attached hydrogen (secondary N) is 1. The number of aromatic hydroxyl groups is 1. The van der Waals surface area contributed by atoms with Crippen LogP contribution in [0.1, 0.15) is 66.1 Å². The van der Waals surface area contributed by atoms with Crippen LogP contribution in [-0.2, 0) is 43.3 Å². The Morgan fingerprint density at radius 3 is 2.44 bits per heavy atom. The van der Waals surface area contributed by atoms with Crippen molar-refractivity contribution in [2.24, 2.45) is 0 Å². The number of hydrogen-bond donors (Lipinski definition) is 2. The molecule has 2 aromatic rings. The van der Waals surface area contributed by atoms with Crippen LogP contribution in [0.2, 0.25) is 0 Å². The highest BCUT2D eigenvalue weighted by molar-refractivity contribution is 7.56. The monoisotopic (exact) mass is 487 g/mol. The van der Waals surface area contributed by atoms with Crippen LogP contribution in [-0.4, -0.2) is 37.5 Å². The van der Waals surface area contributed by atoms with Crippen LogP contribution in [0.3, 0.4) is 0 Å². The van der Waals surface area contributed by atoms with Gasteiger partial charge in [0.15, 0.2) is 0 Å². The highest BCUT2D eigenvalue weighted by atomic mass is 31.2.